The van der Waals surface area contributed by atoms with E-state index in [1.54, 1.807) is 13.0 Å². The highest BCUT2D eigenvalue weighted by Crippen LogP contribution is 2.39. The predicted molar refractivity (Wildman–Crippen MR) is 130 cm³/mol. The quantitative estimate of drug-likeness (QED) is 0.280. The maximum absolute atomic E-state index is 14.3. The number of rotatable bonds is 5. The van der Waals surface area contributed by atoms with Crippen LogP contribution in [0.5, 0.6) is 0 Å². The number of aliphatic hydroxyl groups is 1. The van der Waals surface area contributed by atoms with E-state index in [4.69, 9.17) is 10.8 Å². The number of hydrogen-bond acceptors (Lipinski definition) is 7. The Hall–Kier alpha value is -3.57. The van der Waals surface area contributed by atoms with Crippen LogP contribution in [0.3, 0.4) is 0 Å². The lowest BCUT2D eigenvalue weighted by Gasteiger charge is -2.43. The van der Waals surface area contributed by atoms with Crippen molar-refractivity contribution in [3.63, 3.8) is 0 Å². The molecule has 0 atom stereocenters. The molecule has 5 rings (SSSR count). The largest absolute Gasteiger partial charge is 0.506 e. The van der Waals surface area contributed by atoms with Crippen molar-refractivity contribution in [1.82, 2.24) is 14.5 Å². The molecule has 1 aromatic carbocycles. The third-order valence-corrected chi connectivity index (χ3v) is 6.52. The van der Waals surface area contributed by atoms with Gasteiger partial charge in [0.25, 0.3) is 5.56 Å². The maximum atomic E-state index is 14.3. The summed E-state index contributed by atoms with van der Waals surface area (Å²) in [6.07, 6.45) is -1.48. The number of carbonyl (C=O) groups is 1. The molecule has 2 aliphatic heterocycles. The highest BCUT2D eigenvalue weighted by atomic mass is 19.1. The number of aromatic nitrogens is 2. The lowest BCUT2D eigenvalue weighted by Crippen LogP contribution is -2.60. The molecule has 36 heavy (non-hydrogen) atoms. The van der Waals surface area contributed by atoms with Gasteiger partial charge in [0.2, 0.25) is 0 Å². The second kappa shape index (κ2) is 9.47. The topological polar surface area (TPSA) is 131 Å². The normalized spacial score (nSPS) is 15.5. The maximum Gasteiger partial charge on any atom is 0.506 e. The Bertz CT molecular complexity index is 1420. The highest BCUT2D eigenvalue weighted by molar-refractivity contribution is 5.90. The van der Waals surface area contributed by atoms with E-state index in [0.29, 0.717) is 34.4 Å². The van der Waals surface area contributed by atoms with Crippen molar-refractivity contribution in [2.45, 2.75) is 46.1 Å². The number of halogens is 2. The van der Waals surface area contributed by atoms with Gasteiger partial charge in [-0.25, -0.2) is 18.6 Å². The Morgan fingerprint density at radius 2 is 1.94 bits per heavy atom. The van der Waals surface area contributed by atoms with Gasteiger partial charge in [0.05, 0.1) is 41.3 Å². The molecular formula is C25H28F2N4O5. The summed E-state index contributed by atoms with van der Waals surface area (Å²) in [4.78, 5) is 30.4. The molecule has 0 saturated carbocycles. The van der Waals surface area contributed by atoms with Crippen molar-refractivity contribution < 1.29 is 28.5 Å². The zero-order chi connectivity index (χ0) is 26.4. The SMILES string of the molecule is CC.Cc1cc2n(c(=O)c1COC(=O)O)Cc1c-2nc2cc(F)c(N)cc2c1CN1CC(F)(CO)C1. The lowest BCUT2D eigenvalue weighted by atomic mass is 9.94. The molecule has 0 amide bonds. The molecular weight excluding hydrogens is 474 g/mol. The highest BCUT2D eigenvalue weighted by Gasteiger charge is 2.43. The number of benzene rings is 1. The van der Waals surface area contributed by atoms with E-state index < -0.39 is 29.8 Å². The first-order chi connectivity index (χ1) is 17.1. The number of nitrogens with zero attached hydrogens (tertiary/aromatic N) is 3. The van der Waals surface area contributed by atoms with Crippen LogP contribution in [-0.4, -0.2) is 56.2 Å². The van der Waals surface area contributed by atoms with Gasteiger partial charge in [-0.2, -0.15) is 0 Å². The van der Waals surface area contributed by atoms with Crippen molar-refractivity contribution >= 4 is 22.7 Å². The number of likely N-dealkylation sites (tertiary alicyclic amines) is 1. The molecule has 1 fully saturated rings. The first-order valence-corrected chi connectivity index (χ1v) is 11.6. The summed E-state index contributed by atoms with van der Waals surface area (Å²) < 4.78 is 34.7. The lowest BCUT2D eigenvalue weighted by molar-refractivity contribution is -0.0705. The van der Waals surface area contributed by atoms with Crippen molar-refractivity contribution in [3.05, 3.63) is 56.6 Å². The summed E-state index contributed by atoms with van der Waals surface area (Å²) >= 11 is 0. The molecule has 3 aromatic rings. The van der Waals surface area contributed by atoms with Gasteiger partial charge in [0.1, 0.15) is 12.4 Å². The second-order valence-electron chi connectivity index (χ2n) is 8.90. The number of nitrogen functional groups attached to an aromatic ring is 1. The van der Waals surface area contributed by atoms with Gasteiger partial charge in [-0.05, 0) is 30.2 Å². The standard InChI is InChI=1S/C23H22F2N4O5.C2H6/c1-11-2-19-20-14(6-29(19)21(31)15(11)7-34-22(32)33)13(5-28-8-23(25,9-28)10-30)12-3-17(26)16(24)4-18(12)27-20;1-2/h2-4,30H,5-10,26H2,1H3,(H,32,33);1-2H3. The van der Waals surface area contributed by atoms with Crippen LogP contribution in [0.4, 0.5) is 19.3 Å². The molecule has 4 heterocycles. The van der Waals surface area contributed by atoms with Crippen molar-refractivity contribution in [2.24, 2.45) is 0 Å². The molecule has 2 aromatic heterocycles. The Morgan fingerprint density at radius 1 is 1.25 bits per heavy atom. The molecule has 192 valence electrons. The fourth-order valence-electron chi connectivity index (χ4n) is 4.79. The summed E-state index contributed by atoms with van der Waals surface area (Å²) in [7, 11) is 0. The van der Waals surface area contributed by atoms with Crippen LogP contribution < -0.4 is 11.3 Å². The smallest absolute Gasteiger partial charge is 0.450 e. The Kier molecular flexibility index (Phi) is 6.72. The number of nitrogens with two attached hydrogens (primary N) is 1. The molecule has 2 aliphatic rings. The van der Waals surface area contributed by atoms with Crippen molar-refractivity contribution in [2.75, 3.05) is 25.4 Å². The number of aryl methyl sites for hydroxylation is 1. The van der Waals surface area contributed by atoms with Crippen LogP contribution in [0, 0.1) is 12.7 Å². The van der Waals surface area contributed by atoms with Gasteiger partial charge in [-0.15, -0.1) is 0 Å². The van der Waals surface area contributed by atoms with Crippen molar-refractivity contribution in [1.29, 1.82) is 0 Å². The van der Waals surface area contributed by atoms with E-state index in [1.165, 1.54) is 16.7 Å². The molecule has 0 radical (unpaired) electrons. The number of aliphatic hydroxyl groups excluding tert-OH is 1. The van der Waals surface area contributed by atoms with Crippen molar-refractivity contribution in [3.8, 4) is 11.4 Å². The summed E-state index contributed by atoms with van der Waals surface area (Å²) in [5, 5.41) is 18.7. The van der Waals surface area contributed by atoms with Crippen LogP contribution >= 0.6 is 0 Å². The number of ether oxygens (including phenoxy) is 1. The number of fused-ring (bicyclic) bond motifs is 4. The molecule has 0 spiro atoms. The first kappa shape index (κ1) is 25.5. The van der Waals surface area contributed by atoms with Gasteiger partial charge in [0, 0.05) is 36.7 Å². The predicted octanol–water partition coefficient (Wildman–Crippen LogP) is 3.19. The second-order valence-corrected chi connectivity index (χ2v) is 8.90. The average molecular weight is 503 g/mol. The van der Waals surface area contributed by atoms with E-state index in [9.17, 15) is 23.5 Å². The summed E-state index contributed by atoms with van der Waals surface area (Å²) in [5.41, 5.74) is 7.33. The third kappa shape index (κ3) is 4.28. The molecule has 9 nitrogen and oxygen atoms in total. The van der Waals surface area contributed by atoms with Gasteiger partial charge in [-0.1, -0.05) is 13.8 Å². The zero-order valence-electron chi connectivity index (χ0n) is 20.3. The monoisotopic (exact) mass is 502 g/mol. The molecule has 0 bridgehead atoms. The Labute approximate surface area is 205 Å². The Morgan fingerprint density at radius 3 is 2.58 bits per heavy atom. The minimum atomic E-state index is -1.66. The number of carboxylic acid groups (broad SMARTS) is 1. The van der Waals surface area contributed by atoms with Crippen LogP contribution in [-0.2, 0) is 24.4 Å². The van der Waals surface area contributed by atoms with E-state index >= 15 is 0 Å². The summed E-state index contributed by atoms with van der Waals surface area (Å²) in [6, 6.07) is 4.46. The first-order valence-electron chi connectivity index (χ1n) is 11.6. The zero-order valence-corrected chi connectivity index (χ0v) is 20.3. The van der Waals surface area contributed by atoms with E-state index in [-0.39, 0.29) is 37.5 Å². The number of alkyl halides is 1. The molecule has 4 N–H and O–H groups in total. The third-order valence-electron chi connectivity index (χ3n) is 6.52. The molecule has 11 heteroatoms. The fraction of sp³-hybridized carbons (Fsp3) is 0.400. The number of pyridine rings is 2. The van der Waals surface area contributed by atoms with Gasteiger partial charge in [-0.3, -0.25) is 9.69 Å². The Balaban J connectivity index is 0.00000148. The van der Waals surface area contributed by atoms with Crippen LogP contribution in [0.25, 0.3) is 22.3 Å². The average Bonchev–Trinajstić information content (AvgIpc) is 3.18. The molecule has 0 unspecified atom stereocenters. The van der Waals surface area contributed by atoms with E-state index in [0.717, 1.165) is 11.1 Å². The summed E-state index contributed by atoms with van der Waals surface area (Å²) in [5.74, 6) is -0.620. The van der Waals surface area contributed by atoms with Crippen LogP contribution in [0.2, 0.25) is 0 Å². The van der Waals surface area contributed by atoms with Gasteiger partial charge >= 0.3 is 6.16 Å². The van der Waals surface area contributed by atoms with Crippen LogP contribution in [0.15, 0.2) is 23.0 Å². The van der Waals surface area contributed by atoms with E-state index in [2.05, 4.69) is 9.72 Å². The molecule has 0 aliphatic carbocycles. The minimum absolute atomic E-state index is 0.0431. The van der Waals surface area contributed by atoms with E-state index in [1.807, 2.05) is 18.7 Å². The number of hydrogen-bond donors (Lipinski definition) is 3. The fourth-order valence-corrected chi connectivity index (χ4v) is 4.79. The summed E-state index contributed by atoms with van der Waals surface area (Å²) in [6.45, 7) is 5.27. The van der Waals surface area contributed by atoms with Crippen LogP contribution in [0.1, 0.15) is 36.1 Å². The van der Waals surface area contributed by atoms with Gasteiger partial charge in [0.15, 0.2) is 5.67 Å². The molecule has 1 saturated heterocycles. The number of anilines is 1. The minimum Gasteiger partial charge on any atom is -0.450 e. The van der Waals surface area contributed by atoms with Gasteiger partial charge < -0.3 is 25.3 Å².